The van der Waals surface area contributed by atoms with Crippen molar-refractivity contribution in [1.82, 2.24) is 5.32 Å². The minimum absolute atomic E-state index is 0.195. The number of hydrogen-bond acceptors (Lipinski definition) is 3. The summed E-state index contributed by atoms with van der Waals surface area (Å²) in [6, 6.07) is -1.90. The maximum absolute atomic E-state index is 12.5. The zero-order valence-corrected chi connectivity index (χ0v) is 11.8. The summed E-state index contributed by atoms with van der Waals surface area (Å²) in [4.78, 5) is 0. The van der Waals surface area contributed by atoms with Gasteiger partial charge in [-0.25, -0.2) is 8.42 Å². The summed E-state index contributed by atoms with van der Waals surface area (Å²) in [7, 11) is -2.42. The van der Waals surface area contributed by atoms with Gasteiger partial charge in [0.15, 0.2) is 5.92 Å². The number of nitrogens with one attached hydrogen (secondary N) is 1. The third kappa shape index (κ3) is 6.29. The second-order valence-electron chi connectivity index (χ2n) is 4.33. The summed E-state index contributed by atoms with van der Waals surface area (Å²) in [6.07, 6.45) is -11.7. The van der Waals surface area contributed by atoms with Crippen molar-refractivity contribution in [2.45, 2.75) is 38.2 Å². The van der Waals surface area contributed by atoms with Gasteiger partial charge in [-0.1, -0.05) is 6.92 Å². The van der Waals surface area contributed by atoms with Gasteiger partial charge in [-0.05, 0) is 19.9 Å². The molecule has 0 rings (SSSR count). The first-order valence-corrected chi connectivity index (χ1v) is 7.68. The lowest BCUT2D eigenvalue weighted by Crippen LogP contribution is -2.50. The van der Waals surface area contributed by atoms with Gasteiger partial charge in [-0.3, -0.25) is 0 Å². The predicted octanol–water partition coefficient (Wildman–Crippen LogP) is 2.53. The number of sulfone groups is 1. The topological polar surface area (TPSA) is 46.2 Å². The molecule has 0 aliphatic heterocycles. The lowest BCUT2D eigenvalue weighted by atomic mass is 9.94. The molecule has 0 aromatic rings. The third-order valence-electron chi connectivity index (χ3n) is 2.89. The van der Waals surface area contributed by atoms with E-state index >= 15 is 0 Å². The molecule has 0 heterocycles. The average molecular weight is 329 g/mol. The average Bonchev–Trinajstić information content (AvgIpc) is 2.23. The van der Waals surface area contributed by atoms with E-state index in [1.54, 1.807) is 0 Å². The smallest absolute Gasteiger partial charge is 0.316 e. The van der Waals surface area contributed by atoms with Crippen LogP contribution in [0.3, 0.4) is 0 Å². The van der Waals surface area contributed by atoms with E-state index < -0.39 is 46.3 Å². The van der Waals surface area contributed by atoms with Gasteiger partial charge in [0.1, 0.15) is 9.84 Å². The van der Waals surface area contributed by atoms with E-state index in [2.05, 4.69) is 0 Å². The molecule has 0 radical (unpaired) electrons. The van der Waals surface area contributed by atoms with Gasteiger partial charge >= 0.3 is 12.4 Å². The maximum atomic E-state index is 12.5. The van der Waals surface area contributed by atoms with Crippen molar-refractivity contribution >= 4 is 9.84 Å². The summed E-state index contributed by atoms with van der Waals surface area (Å²) in [5.74, 6) is -4.13. The van der Waals surface area contributed by atoms with Crippen LogP contribution in [0.25, 0.3) is 0 Å². The molecule has 0 saturated heterocycles. The van der Waals surface area contributed by atoms with Crippen LogP contribution in [0.15, 0.2) is 0 Å². The van der Waals surface area contributed by atoms with Crippen LogP contribution >= 0.6 is 0 Å². The molecule has 0 aromatic heterocycles. The molecule has 0 fully saturated rings. The zero-order chi connectivity index (χ0) is 16.2. The van der Waals surface area contributed by atoms with Crippen molar-refractivity contribution in [3.05, 3.63) is 0 Å². The fourth-order valence-corrected chi connectivity index (χ4v) is 2.68. The minimum atomic E-state index is -5.43. The summed E-state index contributed by atoms with van der Waals surface area (Å²) >= 11 is 0. The molecular formula is C10H17F6NO2S. The standard InChI is InChI=1S/C10H17F6NO2S/c1-3-20(18,19)6-4-5-7(17-2)8(9(11,12)13)10(14,15)16/h7-8,17H,3-6H2,1-2H3. The first kappa shape index (κ1) is 19.5. The Morgan fingerprint density at radius 1 is 1.05 bits per heavy atom. The van der Waals surface area contributed by atoms with Crippen molar-refractivity contribution in [1.29, 1.82) is 0 Å². The van der Waals surface area contributed by atoms with Gasteiger partial charge in [0, 0.05) is 11.8 Å². The van der Waals surface area contributed by atoms with E-state index in [1.807, 2.05) is 5.32 Å². The van der Waals surface area contributed by atoms with Gasteiger partial charge in [-0.2, -0.15) is 26.3 Å². The largest absolute Gasteiger partial charge is 0.401 e. The number of halogens is 6. The molecule has 1 unspecified atom stereocenters. The molecule has 0 amide bonds. The highest BCUT2D eigenvalue weighted by Crippen LogP contribution is 2.42. The van der Waals surface area contributed by atoms with E-state index in [0.29, 0.717) is 0 Å². The lowest BCUT2D eigenvalue weighted by Gasteiger charge is -2.30. The van der Waals surface area contributed by atoms with Gasteiger partial charge in [0.2, 0.25) is 0 Å². The van der Waals surface area contributed by atoms with E-state index in [4.69, 9.17) is 0 Å². The lowest BCUT2D eigenvalue weighted by molar-refractivity contribution is -0.291. The van der Waals surface area contributed by atoms with Crippen LogP contribution in [0, 0.1) is 5.92 Å². The second kappa shape index (κ2) is 6.97. The molecule has 0 spiro atoms. The summed E-state index contributed by atoms with van der Waals surface area (Å²) in [5.41, 5.74) is 0. The Bertz CT molecular complexity index is 376. The first-order valence-electron chi connectivity index (χ1n) is 5.86. The maximum Gasteiger partial charge on any atom is 0.401 e. The van der Waals surface area contributed by atoms with Crippen molar-refractivity contribution < 1.29 is 34.8 Å². The minimum Gasteiger partial charge on any atom is -0.316 e. The molecule has 0 aromatic carbocycles. The molecule has 1 N–H and O–H groups in total. The zero-order valence-electron chi connectivity index (χ0n) is 11.0. The van der Waals surface area contributed by atoms with Gasteiger partial charge < -0.3 is 5.32 Å². The first-order chi connectivity index (χ1) is 8.85. The van der Waals surface area contributed by atoms with Crippen molar-refractivity contribution in [2.24, 2.45) is 5.92 Å². The van der Waals surface area contributed by atoms with Crippen molar-refractivity contribution in [3.63, 3.8) is 0 Å². The molecule has 0 aliphatic rings. The Morgan fingerprint density at radius 3 is 1.80 bits per heavy atom. The highest BCUT2D eigenvalue weighted by molar-refractivity contribution is 7.91. The summed E-state index contributed by atoms with van der Waals surface area (Å²) in [5, 5.41) is 1.98. The quantitative estimate of drug-likeness (QED) is 0.730. The summed E-state index contributed by atoms with van der Waals surface area (Å²) in [6.45, 7) is 1.36. The Balaban J connectivity index is 4.87. The molecule has 0 bridgehead atoms. The third-order valence-corrected chi connectivity index (χ3v) is 4.68. The molecule has 20 heavy (non-hydrogen) atoms. The van der Waals surface area contributed by atoms with Crippen LogP contribution in [-0.2, 0) is 9.84 Å². The molecule has 3 nitrogen and oxygen atoms in total. The second-order valence-corrected chi connectivity index (χ2v) is 6.81. The van der Waals surface area contributed by atoms with Gasteiger partial charge in [0.25, 0.3) is 0 Å². The van der Waals surface area contributed by atoms with Gasteiger partial charge in [-0.15, -0.1) is 0 Å². The Morgan fingerprint density at radius 2 is 1.50 bits per heavy atom. The highest BCUT2D eigenvalue weighted by atomic mass is 32.2. The van der Waals surface area contributed by atoms with Crippen LogP contribution in [0.2, 0.25) is 0 Å². The SMILES string of the molecule is CCS(=O)(=O)CCCC(NC)C(C(F)(F)F)C(F)(F)F. The van der Waals surface area contributed by atoms with Crippen LogP contribution in [-0.4, -0.2) is 45.4 Å². The predicted molar refractivity (Wildman–Crippen MR) is 62.0 cm³/mol. The number of rotatable bonds is 7. The Labute approximate surface area is 113 Å². The fourth-order valence-electron chi connectivity index (χ4n) is 1.79. The molecular weight excluding hydrogens is 312 g/mol. The number of hydrogen-bond donors (Lipinski definition) is 1. The van der Waals surface area contributed by atoms with Crippen LogP contribution in [0.4, 0.5) is 26.3 Å². The van der Waals surface area contributed by atoms with Crippen molar-refractivity contribution in [2.75, 3.05) is 18.6 Å². The molecule has 0 aliphatic carbocycles. The monoisotopic (exact) mass is 329 g/mol. The number of alkyl halides is 6. The van der Waals surface area contributed by atoms with Crippen LogP contribution < -0.4 is 5.32 Å². The Hall–Kier alpha value is -0.510. The fraction of sp³-hybridized carbons (Fsp3) is 1.00. The van der Waals surface area contributed by atoms with Crippen molar-refractivity contribution in [3.8, 4) is 0 Å². The van der Waals surface area contributed by atoms with E-state index in [-0.39, 0.29) is 12.2 Å². The molecule has 122 valence electrons. The highest BCUT2D eigenvalue weighted by Gasteiger charge is 2.59. The summed E-state index contributed by atoms with van der Waals surface area (Å²) < 4.78 is 97.3. The van der Waals surface area contributed by atoms with Gasteiger partial charge in [0.05, 0.1) is 5.75 Å². The molecule has 0 saturated carbocycles. The molecule has 10 heteroatoms. The van der Waals surface area contributed by atoms with E-state index in [1.165, 1.54) is 6.92 Å². The van der Waals surface area contributed by atoms with E-state index in [0.717, 1.165) is 7.05 Å². The van der Waals surface area contributed by atoms with Crippen LogP contribution in [0.5, 0.6) is 0 Å². The van der Waals surface area contributed by atoms with Crippen LogP contribution in [0.1, 0.15) is 19.8 Å². The Kier molecular flexibility index (Phi) is 6.79. The molecule has 1 atom stereocenters. The van der Waals surface area contributed by atoms with E-state index in [9.17, 15) is 34.8 Å². The normalized spacial score (nSPS) is 15.7.